The average molecular weight is 341 g/mol. The van der Waals surface area contributed by atoms with Crippen LogP contribution in [-0.2, 0) is 0 Å². The fourth-order valence-corrected chi connectivity index (χ4v) is 2.55. The Morgan fingerprint density at radius 1 is 1.45 bits per heavy atom. The zero-order chi connectivity index (χ0) is 13.1. The van der Waals surface area contributed by atoms with Gasteiger partial charge in [0.25, 0.3) is 5.91 Å². The van der Waals surface area contributed by atoms with Gasteiger partial charge in [0.2, 0.25) is 0 Å². The molecule has 2 rings (SSSR count). The third kappa shape index (κ3) is 4.48. The molecule has 0 saturated carbocycles. The van der Waals surface area contributed by atoms with Gasteiger partial charge in [0.05, 0.1) is 10.6 Å². The molecule has 2 N–H and O–H groups in total. The van der Waals surface area contributed by atoms with E-state index < -0.39 is 0 Å². The molecule has 0 spiro atoms. The third-order valence-electron chi connectivity index (χ3n) is 3.57. The maximum absolute atomic E-state index is 12.3. The van der Waals surface area contributed by atoms with Crippen molar-refractivity contribution in [3.05, 3.63) is 29.0 Å². The Labute approximate surface area is 136 Å². The van der Waals surface area contributed by atoms with Gasteiger partial charge in [-0.3, -0.25) is 9.78 Å². The second kappa shape index (κ2) is 8.67. The molecule has 1 saturated heterocycles. The molecule has 7 heteroatoms. The lowest BCUT2D eigenvalue weighted by Gasteiger charge is -2.33. The van der Waals surface area contributed by atoms with E-state index in [1.165, 1.54) is 6.20 Å². The van der Waals surface area contributed by atoms with Crippen LogP contribution in [0.2, 0.25) is 5.02 Å². The van der Waals surface area contributed by atoms with Gasteiger partial charge in [-0.25, -0.2) is 0 Å². The van der Waals surface area contributed by atoms with Crippen LogP contribution in [0.25, 0.3) is 0 Å². The Morgan fingerprint density at radius 2 is 2.05 bits per heavy atom. The Balaban J connectivity index is 0.00000180. The molecule has 114 valence electrons. The number of hydrogen-bond donors (Lipinski definition) is 1. The number of likely N-dealkylation sites (tertiary alicyclic amines) is 1. The molecule has 1 aliphatic rings. The summed E-state index contributed by atoms with van der Waals surface area (Å²) in [5, 5.41) is 0.414. The second-order valence-corrected chi connectivity index (χ2v) is 5.25. The normalized spacial score (nSPS) is 16.9. The highest BCUT2D eigenvalue weighted by Gasteiger charge is 2.26. The van der Waals surface area contributed by atoms with Crippen LogP contribution >= 0.6 is 36.4 Å². The third-order valence-corrected chi connectivity index (χ3v) is 3.87. The molecule has 0 aliphatic carbocycles. The Kier molecular flexibility index (Phi) is 8.44. The summed E-state index contributed by atoms with van der Waals surface area (Å²) < 4.78 is 0. The molecule has 1 amide bonds. The molecule has 1 atom stereocenters. The summed E-state index contributed by atoms with van der Waals surface area (Å²) in [5.41, 5.74) is 6.42. The lowest BCUT2D eigenvalue weighted by atomic mass is 9.91. The zero-order valence-corrected chi connectivity index (χ0v) is 13.7. The number of carbonyl (C=O) groups is 1. The molecule has 1 aromatic heterocycles. The smallest absolute Gasteiger partial charge is 0.255 e. The van der Waals surface area contributed by atoms with E-state index in [1.54, 1.807) is 12.3 Å². The first kappa shape index (κ1) is 19.4. The Hall–Kier alpha value is -0.550. The van der Waals surface area contributed by atoms with Crippen molar-refractivity contribution < 1.29 is 4.79 Å². The second-order valence-electron chi connectivity index (χ2n) is 4.84. The molecule has 0 radical (unpaired) electrons. The number of aromatic nitrogens is 1. The highest BCUT2D eigenvalue weighted by Crippen LogP contribution is 2.23. The van der Waals surface area contributed by atoms with Crippen molar-refractivity contribution in [3.8, 4) is 0 Å². The first-order valence-corrected chi connectivity index (χ1v) is 6.61. The van der Waals surface area contributed by atoms with Gasteiger partial charge in [-0.15, -0.1) is 24.8 Å². The molecule has 1 aromatic rings. The minimum Gasteiger partial charge on any atom is -0.339 e. The molecule has 1 unspecified atom stereocenters. The van der Waals surface area contributed by atoms with E-state index in [-0.39, 0.29) is 36.8 Å². The van der Waals surface area contributed by atoms with Crippen LogP contribution in [0.15, 0.2) is 18.5 Å². The number of piperidine rings is 1. The van der Waals surface area contributed by atoms with E-state index in [2.05, 4.69) is 4.98 Å². The van der Waals surface area contributed by atoms with Gasteiger partial charge in [-0.2, -0.15) is 0 Å². The molecule has 2 heterocycles. The number of pyridine rings is 1. The van der Waals surface area contributed by atoms with E-state index in [4.69, 9.17) is 17.3 Å². The van der Waals surface area contributed by atoms with Crippen LogP contribution in [0.5, 0.6) is 0 Å². The summed E-state index contributed by atoms with van der Waals surface area (Å²) in [7, 11) is 0. The van der Waals surface area contributed by atoms with Crippen molar-refractivity contribution in [2.75, 3.05) is 13.1 Å². The standard InChI is InChI=1S/C13H18ClN3O.2ClH/c1-9(15)10-3-6-17(7-4-10)13(18)11-2-5-16-8-12(11)14;;/h2,5,8-10H,3-4,6-7,15H2,1H3;2*1H. The first-order valence-electron chi connectivity index (χ1n) is 6.24. The van der Waals surface area contributed by atoms with Crippen LogP contribution in [0.4, 0.5) is 0 Å². The molecular weight excluding hydrogens is 321 g/mol. The van der Waals surface area contributed by atoms with Crippen molar-refractivity contribution >= 4 is 42.3 Å². The minimum atomic E-state index is -0.00877. The summed E-state index contributed by atoms with van der Waals surface area (Å²) in [6, 6.07) is 1.87. The molecule has 0 aromatic carbocycles. The molecule has 20 heavy (non-hydrogen) atoms. The number of halogens is 3. The predicted molar refractivity (Wildman–Crippen MR) is 86.0 cm³/mol. The van der Waals surface area contributed by atoms with Crippen LogP contribution in [0.1, 0.15) is 30.1 Å². The van der Waals surface area contributed by atoms with Crippen molar-refractivity contribution in [3.63, 3.8) is 0 Å². The van der Waals surface area contributed by atoms with Gasteiger partial charge in [-0.1, -0.05) is 11.6 Å². The molecular formula is C13H20Cl3N3O. The average Bonchev–Trinajstić information content (AvgIpc) is 2.38. The van der Waals surface area contributed by atoms with Crippen LogP contribution in [0, 0.1) is 5.92 Å². The van der Waals surface area contributed by atoms with Crippen molar-refractivity contribution in [2.24, 2.45) is 11.7 Å². The fourth-order valence-electron chi connectivity index (χ4n) is 2.35. The van der Waals surface area contributed by atoms with Gasteiger partial charge >= 0.3 is 0 Å². The SMILES string of the molecule is CC(N)C1CCN(C(=O)c2ccncc2Cl)CC1.Cl.Cl. The van der Waals surface area contributed by atoms with Crippen molar-refractivity contribution in [1.29, 1.82) is 0 Å². The Morgan fingerprint density at radius 3 is 2.55 bits per heavy atom. The number of rotatable bonds is 2. The van der Waals surface area contributed by atoms with E-state index >= 15 is 0 Å². The first-order chi connectivity index (χ1) is 8.59. The lowest BCUT2D eigenvalue weighted by Crippen LogP contribution is -2.42. The Bertz CT molecular complexity index is 435. The quantitative estimate of drug-likeness (QED) is 0.900. The maximum atomic E-state index is 12.3. The zero-order valence-electron chi connectivity index (χ0n) is 11.3. The summed E-state index contributed by atoms with van der Waals surface area (Å²) in [6.45, 7) is 3.54. The summed E-state index contributed by atoms with van der Waals surface area (Å²) in [5.74, 6) is 0.507. The lowest BCUT2D eigenvalue weighted by molar-refractivity contribution is 0.0681. The van der Waals surface area contributed by atoms with Crippen LogP contribution in [0.3, 0.4) is 0 Å². The van der Waals surface area contributed by atoms with Crippen molar-refractivity contribution in [1.82, 2.24) is 9.88 Å². The summed E-state index contributed by atoms with van der Waals surface area (Å²) >= 11 is 5.99. The van der Waals surface area contributed by atoms with E-state index in [1.807, 2.05) is 11.8 Å². The number of nitrogens with two attached hydrogens (primary N) is 1. The molecule has 4 nitrogen and oxygen atoms in total. The topological polar surface area (TPSA) is 59.2 Å². The minimum absolute atomic E-state index is 0. The van der Waals surface area contributed by atoms with Gasteiger partial charge in [-0.05, 0) is 31.7 Å². The summed E-state index contributed by atoms with van der Waals surface area (Å²) in [4.78, 5) is 18.0. The monoisotopic (exact) mass is 339 g/mol. The van der Waals surface area contributed by atoms with E-state index in [0.717, 1.165) is 25.9 Å². The largest absolute Gasteiger partial charge is 0.339 e. The molecule has 1 fully saturated rings. The van der Waals surface area contributed by atoms with Gasteiger partial charge < -0.3 is 10.6 Å². The molecule has 0 bridgehead atoms. The van der Waals surface area contributed by atoms with Gasteiger partial charge in [0, 0.05) is 31.5 Å². The highest BCUT2D eigenvalue weighted by molar-refractivity contribution is 6.33. The number of hydrogen-bond acceptors (Lipinski definition) is 3. The number of amides is 1. The van der Waals surface area contributed by atoms with E-state index in [9.17, 15) is 4.79 Å². The maximum Gasteiger partial charge on any atom is 0.255 e. The highest BCUT2D eigenvalue weighted by atomic mass is 35.5. The molecule has 1 aliphatic heterocycles. The fraction of sp³-hybridized carbons (Fsp3) is 0.538. The number of nitrogens with zero attached hydrogens (tertiary/aromatic N) is 2. The van der Waals surface area contributed by atoms with Crippen LogP contribution in [-0.4, -0.2) is 34.9 Å². The van der Waals surface area contributed by atoms with Crippen LogP contribution < -0.4 is 5.73 Å². The van der Waals surface area contributed by atoms with E-state index in [0.29, 0.717) is 16.5 Å². The number of carbonyl (C=O) groups excluding carboxylic acids is 1. The predicted octanol–water partition coefficient (Wildman–Crippen LogP) is 2.78. The van der Waals surface area contributed by atoms with Gasteiger partial charge in [0.1, 0.15) is 0 Å². The van der Waals surface area contributed by atoms with Gasteiger partial charge in [0.15, 0.2) is 0 Å². The summed E-state index contributed by atoms with van der Waals surface area (Å²) in [6.07, 6.45) is 5.02. The van der Waals surface area contributed by atoms with Crippen molar-refractivity contribution in [2.45, 2.75) is 25.8 Å².